The van der Waals surface area contributed by atoms with Crippen molar-refractivity contribution in [1.82, 2.24) is 10.1 Å². The summed E-state index contributed by atoms with van der Waals surface area (Å²) in [5, 5.41) is 3.71. The van der Waals surface area contributed by atoms with Crippen molar-refractivity contribution in [2.24, 2.45) is 0 Å². The fourth-order valence-corrected chi connectivity index (χ4v) is 1.06. The standard InChI is InChI=1S/C8H10N2O2/c1-5(11)4-7-9-8(12-10-7)6-2-3-6/h6H,2-4H2,1H3. The smallest absolute Gasteiger partial charge is 0.229 e. The van der Waals surface area contributed by atoms with E-state index in [0.717, 1.165) is 12.8 Å². The van der Waals surface area contributed by atoms with Crippen molar-refractivity contribution in [2.45, 2.75) is 32.1 Å². The maximum atomic E-state index is 10.7. The Hall–Kier alpha value is -1.19. The third kappa shape index (κ3) is 1.52. The molecule has 0 amide bonds. The van der Waals surface area contributed by atoms with Crippen LogP contribution in [0.4, 0.5) is 0 Å². The molecule has 0 spiro atoms. The number of hydrogen-bond donors (Lipinski definition) is 0. The number of Topliss-reactive ketones (excluding diaryl/α,β-unsaturated/α-hetero) is 1. The summed E-state index contributed by atoms with van der Waals surface area (Å²) in [5.41, 5.74) is 0. The molecule has 0 atom stereocenters. The summed E-state index contributed by atoms with van der Waals surface area (Å²) in [6.07, 6.45) is 2.57. The van der Waals surface area contributed by atoms with Crippen LogP contribution in [0.5, 0.6) is 0 Å². The van der Waals surface area contributed by atoms with Gasteiger partial charge in [-0.25, -0.2) is 0 Å². The Bertz CT molecular complexity index is 302. The lowest BCUT2D eigenvalue weighted by Crippen LogP contribution is -1.98. The monoisotopic (exact) mass is 166 g/mol. The molecular weight excluding hydrogens is 156 g/mol. The third-order valence-corrected chi connectivity index (χ3v) is 1.82. The van der Waals surface area contributed by atoms with Crippen molar-refractivity contribution in [3.8, 4) is 0 Å². The summed E-state index contributed by atoms with van der Waals surface area (Å²) < 4.78 is 4.98. The van der Waals surface area contributed by atoms with Gasteiger partial charge in [0.2, 0.25) is 5.89 Å². The molecule has 4 nitrogen and oxygen atoms in total. The molecule has 1 aromatic heterocycles. The van der Waals surface area contributed by atoms with Crippen LogP contribution in [0.25, 0.3) is 0 Å². The van der Waals surface area contributed by atoms with Crippen molar-refractivity contribution in [3.05, 3.63) is 11.7 Å². The number of hydrogen-bond acceptors (Lipinski definition) is 4. The topological polar surface area (TPSA) is 56.0 Å². The zero-order valence-electron chi connectivity index (χ0n) is 6.91. The maximum absolute atomic E-state index is 10.7. The normalized spacial score (nSPS) is 16.4. The largest absolute Gasteiger partial charge is 0.339 e. The van der Waals surface area contributed by atoms with Crippen molar-refractivity contribution < 1.29 is 9.32 Å². The van der Waals surface area contributed by atoms with E-state index >= 15 is 0 Å². The molecule has 1 heterocycles. The van der Waals surface area contributed by atoms with Crippen LogP contribution in [0.3, 0.4) is 0 Å². The third-order valence-electron chi connectivity index (χ3n) is 1.82. The molecule has 0 N–H and O–H groups in total. The fraction of sp³-hybridized carbons (Fsp3) is 0.625. The minimum absolute atomic E-state index is 0.0677. The highest BCUT2D eigenvalue weighted by atomic mass is 16.5. The van der Waals surface area contributed by atoms with E-state index in [0.29, 0.717) is 17.6 Å². The first-order valence-corrected chi connectivity index (χ1v) is 4.07. The fourth-order valence-electron chi connectivity index (χ4n) is 1.06. The number of rotatable bonds is 3. The SMILES string of the molecule is CC(=O)Cc1noc(C2CC2)n1. The highest BCUT2D eigenvalue weighted by molar-refractivity contribution is 5.77. The lowest BCUT2D eigenvalue weighted by atomic mass is 10.3. The summed E-state index contributed by atoms with van der Waals surface area (Å²) in [7, 11) is 0. The van der Waals surface area contributed by atoms with Gasteiger partial charge in [-0.3, -0.25) is 4.79 Å². The minimum atomic E-state index is 0.0677. The van der Waals surface area contributed by atoms with E-state index in [1.807, 2.05) is 0 Å². The number of ketones is 1. The molecule has 1 aliphatic rings. The van der Waals surface area contributed by atoms with Gasteiger partial charge < -0.3 is 4.52 Å². The molecule has 2 rings (SSSR count). The Balaban J connectivity index is 2.07. The van der Waals surface area contributed by atoms with Gasteiger partial charge in [0.1, 0.15) is 5.78 Å². The number of carbonyl (C=O) groups excluding carboxylic acids is 1. The van der Waals surface area contributed by atoms with Crippen molar-refractivity contribution >= 4 is 5.78 Å². The molecule has 1 fully saturated rings. The van der Waals surface area contributed by atoms with E-state index in [4.69, 9.17) is 4.52 Å². The summed E-state index contributed by atoms with van der Waals surface area (Å²) in [4.78, 5) is 14.8. The van der Waals surface area contributed by atoms with Gasteiger partial charge in [0.25, 0.3) is 0 Å². The Kier molecular flexibility index (Phi) is 1.67. The van der Waals surface area contributed by atoms with E-state index in [2.05, 4.69) is 10.1 Å². The zero-order valence-corrected chi connectivity index (χ0v) is 6.91. The minimum Gasteiger partial charge on any atom is -0.339 e. The zero-order chi connectivity index (χ0) is 8.55. The van der Waals surface area contributed by atoms with Gasteiger partial charge >= 0.3 is 0 Å². The summed E-state index contributed by atoms with van der Waals surface area (Å²) in [6.45, 7) is 1.52. The molecule has 0 aliphatic heterocycles. The molecule has 1 aliphatic carbocycles. The number of aromatic nitrogens is 2. The van der Waals surface area contributed by atoms with Gasteiger partial charge in [-0.2, -0.15) is 4.98 Å². The molecule has 0 aromatic carbocycles. The molecule has 1 saturated carbocycles. The second-order valence-electron chi connectivity index (χ2n) is 3.20. The van der Waals surface area contributed by atoms with Crippen molar-refractivity contribution in [3.63, 3.8) is 0 Å². The molecule has 64 valence electrons. The number of carbonyl (C=O) groups is 1. The van der Waals surface area contributed by atoms with Gasteiger partial charge in [0, 0.05) is 5.92 Å². The van der Waals surface area contributed by atoms with Crippen LogP contribution in [-0.2, 0) is 11.2 Å². The average molecular weight is 166 g/mol. The Morgan fingerprint density at radius 2 is 2.42 bits per heavy atom. The molecular formula is C8H10N2O2. The van der Waals surface area contributed by atoms with Crippen molar-refractivity contribution in [2.75, 3.05) is 0 Å². The Labute approximate surface area is 70.0 Å². The van der Waals surface area contributed by atoms with Gasteiger partial charge in [-0.05, 0) is 19.8 Å². The molecule has 0 bridgehead atoms. The molecule has 4 heteroatoms. The first-order valence-electron chi connectivity index (χ1n) is 4.07. The van der Waals surface area contributed by atoms with Gasteiger partial charge in [-0.15, -0.1) is 0 Å². The van der Waals surface area contributed by atoms with Crippen LogP contribution < -0.4 is 0 Å². The molecule has 1 aromatic rings. The summed E-state index contributed by atoms with van der Waals surface area (Å²) in [6, 6.07) is 0. The van der Waals surface area contributed by atoms with Crippen LogP contribution in [0.15, 0.2) is 4.52 Å². The molecule has 0 radical (unpaired) electrons. The first kappa shape index (κ1) is 7.46. The Morgan fingerprint density at radius 1 is 1.67 bits per heavy atom. The van der Waals surface area contributed by atoms with Gasteiger partial charge in [0.05, 0.1) is 6.42 Å². The summed E-state index contributed by atoms with van der Waals surface area (Å²) >= 11 is 0. The van der Waals surface area contributed by atoms with Crippen molar-refractivity contribution in [1.29, 1.82) is 0 Å². The lowest BCUT2D eigenvalue weighted by molar-refractivity contribution is -0.116. The molecule has 12 heavy (non-hydrogen) atoms. The second kappa shape index (κ2) is 2.69. The maximum Gasteiger partial charge on any atom is 0.229 e. The van der Waals surface area contributed by atoms with Crippen LogP contribution in [0.2, 0.25) is 0 Å². The highest BCUT2D eigenvalue weighted by Gasteiger charge is 2.29. The molecule has 0 unspecified atom stereocenters. The predicted octanol–water partition coefficient (Wildman–Crippen LogP) is 1.08. The highest BCUT2D eigenvalue weighted by Crippen LogP contribution is 2.38. The second-order valence-corrected chi connectivity index (χ2v) is 3.20. The lowest BCUT2D eigenvalue weighted by Gasteiger charge is -1.83. The van der Waals surface area contributed by atoms with E-state index in [-0.39, 0.29) is 12.2 Å². The van der Waals surface area contributed by atoms with Gasteiger partial charge in [0.15, 0.2) is 5.82 Å². The Morgan fingerprint density at radius 3 is 3.00 bits per heavy atom. The number of nitrogens with zero attached hydrogens (tertiary/aromatic N) is 2. The van der Waals surface area contributed by atoms with E-state index < -0.39 is 0 Å². The summed E-state index contributed by atoms with van der Waals surface area (Å²) in [5.74, 6) is 1.76. The van der Waals surface area contributed by atoms with E-state index in [9.17, 15) is 4.79 Å². The van der Waals surface area contributed by atoms with Crippen LogP contribution in [0, 0.1) is 0 Å². The van der Waals surface area contributed by atoms with E-state index in [1.54, 1.807) is 0 Å². The predicted molar refractivity (Wildman–Crippen MR) is 40.7 cm³/mol. The quantitative estimate of drug-likeness (QED) is 0.674. The van der Waals surface area contributed by atoms with Crippen LogP contribution in [-0.4, -0.2) is 15.9 Å². The van der Waals surface area contributed by atoms with E-state index in [1.165, 1.54) is 6.92 Å². The first-order chi connectivity index (χ1) is 5.75. The average Bonchev–Trinajstić information content (AvgIpc) is 2.73. The van der Waals surface area contributed by atoms with Crippen LogP contribution in [0.1, 0.15) is 37.4 Å². The molecule has 0 saturated heterocycles. The van der Waals surface area contributed by atoms with Crippen LogP contribution >= 0.6 is 0 Å². The van der Waals surface area contributed by atoms with Gasteiger partial charge in [-0.1, -0.05) is 5.16 Å².